The van der Waals surface area contributed by atoms with Gasteiger partial charge in [-0.3, -0.25) is 4.79 Å². The van der Waals surface area contributed by atoms with Crippen molar-refractivity contribution in [1.82, 2.24) is 20.1 Å². The molecule has 8 heteroatoms. The zero-order valence-corrected chi connectivity index (χ0v) is 13.3. The molecule has 0 amide bonds. The number of hydrogen-bond acceptors (Lipinski definition) is 7. The average molecular weight is 332 g/mol. The van der Waals surface area contributed by atoms with E-state index in [1.165, 1.54) is 17.2 Å². The van der Waals surface area contributed by atoms with E-state index in [0.717, 1.165) is 11.3 Å². The molecule has 0 radical (unpaired) electrons. The number of esters is 1. The number of aliphatic hydroxyl groups is 1. The summed E-state index contributed by atoms with van der Waals surface area (Å²) in [4.78, 5) is 12.0. The molecule has 3 rings (SSSR count). The molecule has 0 saturated carbocycles. The standard InChI is InChI=1S/C16H20N4O4/c1-23-12-4-2-11(3-5-12)6-13-16(14(21)7-17-13)24-15(22)8-20-9-18-19-10-20/h2-5,9-10,13-14,16-17,21H,6-8H2,1H3/t13-,14+,16+/m1/s1. The fourth-order valence-electron chi connectivity index (χ4n) is 2.78. The van der Waals surface area contributed by atoms with Gasteiger partial charge in [0.2, 0.25) is 0 Å². The van der Waals surface area contributed by atoms with Gasteiger partial charge in [-0.1, -0.05) is 12.1 Å². The number of methoxy groups -OCH3 is 1. The SMILES string of the molecule is COc1ccc(C[C@H]2NC[C@H](O)[C@H]2OC(=O)Cn2cnnc2)cc1. The number of benzene rings is 1. The quantitative estimate of drug-likeness (QED) is 0.705. The van der Waals surface area contributed by atoms with Crippen LogP contribution in [0.25, 0.3) is 0 Å². The van der Waals surface area contributed by atoms with Crippen LogP contribution in [0.2, 0.25) is 0 Å². The summed E-state index contributed by atoms with van der Waals surface area (Å²) < 4.78 is 12.1. The van der Waals surface area contributed by atoms with Gasteiger partial charge in [0.1, 0.15) is 37.2 Å². The highest BCUT2D eigenvalue weighted by Gasteiger charge is 2.37. The minimum Gasteiger partial charge on any atom is -0.497 e. The molecular weight excluding hydrogens is 312 g/mol. The number of β-amino-alcohol motifs (C(OH)–C–C–N with tert-alkyl or cyclic N) is 1. The first kappa shape index (κ1) is 16.4. The lowest BCUT2D eigenvalue weighted by Gasteiger charge is -2.22. The van der Waals surface area contributed by atoms with E-state index < -0.39 is 18.2 Å². The molecule has 0 spiro atoms. The number of aliphatic hydroxyl groups excluding tert-OH is 1. The monoisotopic (exact) mass is 332 g/mol. The third kappa shape index (κ3) is 3.90. The molecule has 0 bridgehead atoms. The lowest BCUT2D eigenvalue weighted by Crippen LogP contribution is -2.39. The Labute approximate surface area is 139 Å². The maximum absolute atomic E-state index is 12.0. The second-order valence-electron chi connectivity index (χ2n) is 5.72. The lowest BCUT2D eigenvalue weighted by atomic mass is 10.0. The largest absolute Gasteiger partial charge is 0.497 e. The first-order valence-corrected chi connectivity index (χ1v) is 7.72. The second kappa shape index (κ2) is 7.41. The summed E-state index contributed by atoms with van der Waals surface area (Å²) >= 11 is 0. The molecule has 24 heavy (non-hydrogen) atoms. The van der Waals surface area contributed by atoms with E-state index in [9.17, 15) is 9.90 Å². The average Bonchev–Trinajstić information content (AvgIpc) is 3.20. The van der Waals surface area contributed by atoms with Crippen LogP contribution in [0.5, 0.6) is 5.75 Å². The predicted molar refractivity (Wildman–Crippen MR) is 84.4 cm³/mol. The van der Waals surface area contributed by atoms with Gasteiger partial charge >= 0.3 is 5.97 Å². The summed E-state index contributed by atoms with van der Waals surface area (Å²) in [5, 5.41) is 20.6. The molecule has 1 saturated heterocycles. The Morgan fingerprint density at radius 1 is 1.33 bits per heavy atom. The zero-order valence-electron chi connectivity index (χ0n) is 13.3. The maximum atomic E-state index is 12.0. The number of hydrogen-bond donors (Lipinski definition) is 2. The van der Waals surface area contributed by atoms with E-state index in [1.807, 2.05) is 24.3 Å². The van der Waals surface area contributed by atoms with Crippen LogP contribution in [0.3, 0.4) is 0 Å². The minimum absolute atomic E-state index is 0.0193. The summed E-state index contributed by atoms with van der Waals surface area (Å²) in [6.45, 7) is 0.414. The molecular formula is C16H20N4O4. The van der Waals surface area contributed by atoms with Crippen molar-refractivity contribution < 1.29 is 19.4 Å². The summed E-state index contributed by atoms with van der Waals surface area (Å²) in [6.07, 6.45) is 2.22. The van der Waals surface area contributed by atoms with E-state index >= 15 is 0 Å². The Bertz CT molecular complexity index is 659. The van der Waals surface area contributed by atoms with Crippen molar-refractivity contribution in [3.8, 4) is 5.75 Å². The highest BCUT2D eigenvalue weighted by Crippen LogP contribution is 2.19. The van der Waals surface area contributed by atoms with Gasteiger partial charge in [0.25, 0.3) is 0 Å². The smallest absolute Gasteiger partial charge is 0.326 e. The zero-order chi connectivity index (χ0) is 16.9. The van der Waals surface area contributed by atoms with Gasteiger partial charge in [0.15, 0.2) is 0 Å². The Morgan fingerprint density at radius 3 is 2.71 bits per heavy atom. The van der Waals surface area contributed by atoms with E-state index in [-0.39, 0.29) is 12.6 Å². The number of nitrogens with zero attached hydrogens (tertiary/aromatic N) is 3. The normalized spacial score (nSPS) is 23.2. The molecule has 1 aliphatic rings. The number of carbonyl (C=O) groups is 1. The van der Waals surface area contributed by atoms with E-state index in [4.69, 9.17) is 9.47 Å². The number of aromatic nitrogens is 3. The van der Waals surface area contributed by atoms with Gasteiger partial charge in [-0.25, -0.2) is 0 Å². The van der Waals surface area contributed by atoms with Crippen molar-refractivity contribution in [2.45, 2.75) is 31.2 Å². The fraction of sp³-hybridized carbons (Fsp3) is 0.438. The van der Waals surface area contributed by atoms with Crippen LogP contribution in [-0.2, 0) is 22.5 Å². The van der Waals surface area contributed by atoms with E-state index in [0.29, 0.717) is 13.0 Å². The summed E-state index contributed by atoms with van der Waals surface area (Å²) in [7, 11) is 1.62. The first-order valence-electron chi connectivity index (χ1n) is 7.72. The molecule has 1 aromatic heterocycles. The van der Waals surface area contributed by atoms with Crippen molar-refractivity contribution in [1.29, 1.82) is 0 Å². The molecule has 2 aromatic rings. The molecule has 2 heterocycles. The predicted octanol–water partition coefficient (Wildman–Crippen LogP) is -0.226. The van der Waals surface area contributed by atoms with Crippen molar-refractivity contribution in [3.05, 3.63) is 42.5 Å². The molecule has 1 fully saturated rings. The van der Waals surface area contributed by atoms with Crippen LogP contribution >= 0.6 is 0 Å². The number of rotatable bonds is 6. The van der Waals surface area contributed by atoms with Crippen LogP contribution in [-0.4, -0.2) is 57.7 Å². The summed E-state index contributed by atoms with van der Waals surface area (Å²) in [5.41, 5.74) is 1.07. The van der Waals surface area contributed by atoms with Crippen molar-refractivity contribution in [2.24, 2.45) is 0 Å². The third-order valence-corrected chi connectivity index (χ3v) is 4.03. The van der Waals surface area contributed by atoms with Gasteiger partial charge < -0.3 is 24.5 Å². The maximum Gasteiger partial charge on any atom is 0.326 e. The minimum atomic E-state index is -0.724. The van der Waals surface area contributed by atoms with Gasteiger partial charge in [-0.2, -0.15) is 0 Å². The van der Waals surface area contributed by atoms with Crippen LogP contribution in [0, 0.1) is 0 Å². The third-order valence-electron chi connectivity index (χ3n) is 4.03. The Balaban J connectivity index is 1.60. The Kier molecular flexibility index (Phi) is 5.07. The van der Waals surface area contributed by atoms with E-state index in [2.05, 4.69) is 15.5 Å². The molecule has 3 atom stereocenters. The molecule has 1 aromatic carbocycles. The molecule has 0 unspecified atom stereocenters. The molecule has 2 N–H and O–H groups in total. The number of nitrogens with one attached hydrogen (secondary N) is 1. The van der Waals surface area contributed by atoms with Crippen molar-refractivity contribution in [2.75, 3.05) is 13.7 Å². The van der Waals surface area contributed by atoms with Crippen molar-refractivity contribution in [3.63, 3.8) is 0 Å². The van der Waals surface area contributed by atoms with Crippen LogP contribution in [0.4, 0.5) is 0 Å². The van der Waals surface area contributed by atoms with Crippen molar-refractivity contribution >= 4 is 5.97 Å². The van der Waals surface area contributed by atoms with Gasteiger partial charge in [0.05, 0.1) is 13.2 Å². The highest BCUT2D eigenvalue weighted by molar-refractivity contribution is 5.69. The molecule has 1 aliphatic heterocycles. The molecule has 8 nitrogen and oxygen atoms in total. The van der Waals surface area contributed by atoms with Crippen LogP contribution in [0.1, 0.15) is 5.56 Å². The fourth-order valence-corrected chi connectivity index (χ4v) is 2.78. The lowest BCUT2D eigenvalue weighted by molar-refractivity contribution is -0.154. The molecule has 0 aliphatic carbocycles. The number of carbonyl (C=O) groups excluding carboxylic acids is 1. The highest BCUT2D eigenvalue weighted by atomic mass is 16.6. The van der Waals surface area contributed by atoms with Gasteiger partial charge in [-0.05, 0) is 24.1 Å². The summed E-state index contributed by atoms with van der Waals surface area (Å²) in [6, 6.07) is 7.54. The second-order valence-corrected chi connectivity index (χ2v) is 5.72. The van der Waals surface area contributed by atoms with Crippen LogP contribution < -0.4 is 10.1 Å². The van der Waals surface area contributed by atoms with Gasteiger partial charge in [0, 0.05) is 6.54 Å². The van der Waals surface area contributed by atoms with Crippen LogP contribution in [0.15, 0.2) is 36.9 Å². The van der Waals surface area contributed by atoms with Gasteiger partial charge in [-0.15, -0.1) is 10.2 Å². The Hall–Kier alpha value is -2.45. The van der Waals surface area contributed by atoms with E-state index in [1.54, 1.807) is 7.11 Å². The Morgan fingerprint density at radius 2 is 2.04 bits per heavy atom. The summed E-state index contributed by atoms with van der Waals surface area (Å²) in [5.74, 6) is 0.359. The molecule has 128 valence electrons. The first-order chi connectivity index (χ1) is 11.7. The number of ether oxygens (including phenoxy) is 2. The topological polar surface area (TPSA) is 98.5 Å².